The maximum atomic E-state index is 12.8. The minimum absolute atomic E-state index is 0.147. The highest BCUT2D eigenvalue weighted by atomic mass is 32.2. The Balaban J connectivity index is 1.81. The van der Waals surface area contributed by atoms with Gasteiger partial charge in [0.05, 0.1) is 23.5 Å². The molecule has 2 aromatic heterocycles. The van der Waals surface area contributed by atoms with Crippen LogP contribution in [0.2, 0.25) is 0 Å². The summed E-state index contributed by atoms with van der Waals surface area (Å²) in [4.78, 5) is 7.83. The number of nitriles is 1. The van der Waals surface area contributed by atoms with Crippen LogP contribution in [0.25, 0.3) is 22.4 Å². The van der Waals surface area contributed by atoms with Gasteiger partial charge in [-0.25, -0.2) is 18.4 Å². The molecule has 1 aliphatic carbocycles. The summed E-state index contributed by atoms with van der Waals surface area (Å²) >= 11 is 0. The van der Waals surface area contributed by atoms with Crippen LogP contribution in [-0.4, -0.2) is 35.2 Å². The molecule has 0 aliphatic heterocycles. The highest BCUT2D eigenvalue weighted by Gasteiger charge is 2.39. The molecule has 0 bridgehead atoms. The van der Waals surface area contributed by atoms with Crippen LogP contribution in [0.4, 0.5) is 13.2 Å². The monoisotopic (exact) mass is 477 g/mol. The van der Waals surface area contributed by atoms with Crippen LogP contribution in [0.1, 0.15) is 49.8 Å². The number of sulfonamides is 1. The second kappa shape index (κ2) is 8.43. The van der Waals surface area contributed by atoms with E-state index < -0.39 is 27.1 Å². The van der Waals surface area contributed by atoms with Gasteiger partial charge in [0.25, 0.3) is 0 Å². The van der Waals surface area contributed by atoms with Crippen LogP contribution in [0, 0.1) is 18.3 Å². The molecule has 0 spiro atoms. The number of rotatable bonds is 5. The van der Waals surface area contributed by atoms with Crippen LogP contribution in [-0.2, 0) is 10.0 Å². The summed E-state index contributed by atoms with van der Waals surface area (Å²) in [6, 6.07) is 5.96. The van der Waals surface area contributed by atoms with Gasteiger partial charge >= 0.3 is 6.18 Å². The average Bonchev–Trinajstić information content (AvgIpc) is 3.38. The van der Waals surface area contributed by atoms with Gasteiger partial charge in [-0.3, -0.25) is 0 Å². The minimum Gasteiger partial charge on any atom is -0.334 e. The number of nitrogens with one attached hydrogen (secondary N) is 1. The second-order valence-electron chi connectivity index (χ2n) is 8.29. The molecule has 0 radical (unpaired) electrons. The fraction of sp³-hybridized carbons (Fsp3) is 0.409. The number of aryl methyl sites for hydroxylation is 1. The number of hydrogen-bond acceptors (Lipinski definition) is 5. The molecular formula is C22H22F3N5O2S. The van der Waals surface area contributed by atoms with E-state index in [1.54, 1.807) is 4.72 Å². The molecule has 33 heavy (non-hydrogen) atoms. The largest absolute Gasteiger partial charge is 0.404 e. The minimum atomic E-state index is -4.73. The van der Waals surface area contributed by atoms with Crippen molar-refractivity contribution in [1.82, 2.24) is 19.3 Å². The van der Waals surface area contributed by atoms with Gasteiger partial charge in [-0.2, -0.15) is 23.2 Å². The molecule has 1 saturated carbocycles. The first-order chi connectivity index (χ1) is 15.5. The maximum Gasteiger partial charge on any atom is 0.404 e. The van der Waals surface area contributed by atoms with Gasteiger partial charge in [0.1, 0.15) is 22.7 Å². The average molecular weight is 478 g/mol. The molecule has 11 heteroatoms. The van der Waals surface area contributed by atoms with Crippen molar-refractivity contribution >= 4 is 20.9 Å². The van der Waals surface area contributed by atoms with E-state index in [0.717, 1.165) is 54.5 Å². The fourth-order valence-electron chi connectivity index (χ4n) is 4.25. The first kappa shape index (κ1) is 23.2. The van der Waals surface area contributed by atoms with Crippen molar-refractivity contribution in [3.8, 4) is 17.6 Å². The summed E-state index contributed by atoms with van der Waals surface area (Å²) in [5.41, 5.74) is 2.74. The van der Waals surface area contributed by atoms with Crippen molar-refractivity contribution in [3.05, 3.63) is 41.7 Å². The lowest BCUT2D eigenvalue weighted by molar-refractivity contribution is -0.147. The quantitative estimate of drug-likeness (QED) is 0.578. The summed E-state index contributed by atoms with van der Waals surface area (Å²) in [6.45, 7) is 2.65. The molecule has 2 heterocycles. The molecule has 4 rings (SSSR count). The van der Waals surface area contributed by atoms with E-state index in [-0.39, 0.29) is 11.9 Å². The summed E-state index contributed by atoms with van der Waals surface area (Å²) in [6.07, 6.45) is 1.18. The van der Waals surface area contributed by atoms with Crippen LogP contribution in [0.3, 0.4) is 0 Å². The molecule has 0 saturated heterocycles. The van der Waals surface area contributed by atoms with Crippen LogP contribution in [0.5, 0.6) is 0 Å². The summed E-state index contributed by atoms with van der Waals surface area (Å²) in [5.74, 6) is 0.148. The Morgan fingerprint density at radius 3 is 2.42 bits per heavy atom. The van der Waals surface area contributed by atoms with Crippen molar-refractivity contribution < 1.29 is 21.6 Å². The maximum absolute atomic E-state index is 12.8. The molecule has 1 fully saturated rings. The van der Waals surface area contributed by atoms with Crippen molar-refractivity contribution in [1.29, 1.82) is 5.26 Å². The number of alkyl halides is 3. The van der Waals surface area contributed by atoms with Crippen LogP contribution >= 0.6 is 0 Å². The lowest BCUT2D eigenvalue weighted by atomic mass is 10.1. The smallest absolute Gasteiger partial charge is 0.334 e. The van der Waals surface area contributed by atoms with Crippen molar-refractivity contribution in [2.45, 2.75) is 62.7 Å². The van der Waals surface area contributed by atoms with Gasteiger partial charge < -0.3 is 4.57 Å². The normalized spacial score (nSPS) is 16.2. The predicted octanol–water partition coefficient (Wildman–Crippen LogP) is 4.62. The zero-order valence-electron chi connectivity index (χ0n) is 18.0. The Morgan fingerprint density at radius 2 is 1.85 bits per heavy atom. The molecule has 1 N–H and O–H groups in total. The topological polar surface area (TPSA) is 101 Å². The van der Waals surface area contributed by atoms with Gasteiger partial charge in [0.2, 0.25) is 10.0 Å². The first-order valence-corrected chi connectivity index (χ1v) is 12.0. The van der Waals surface area contributed by atoms with Crippen molar-refractivity contribution in [3.63, 3.8) is 0 Å². The Hall–Kier alpha value is -2.97. The third-order valence-corrected chi connectivity index (χ3v) is 7.43. The Kier molecular flexibility index (Phi) is 5.92. The van der Waals surface area contributed by atoms with E-state index in [4.69, 9.17) is 0 Å². The number of aromatic nitrogens is 3. The Bertz CT molecular complexity index is 1340. The molecule has 3 aromatic rings. The second-order valence-corrected chi connectivity index (χ2v) is 10.0. The molecule has 1 unspecified atom stereocenters. The van der Waals surface area contributed by atoms with Gasteiger partial charge in [0.15, 0.2) is 5.82 Å². The van der Waals surface area contributed by atoms with E-state index >= 15 is 0 Å². The Labute approximate surface area is 189 Å². The zero-order valence-corrected chi connectivity index (χ0v) is 18.8. The third kappa shape index (κ3) is 4.32. The molecule has 7 nitrogen and oxygen atoms in total. The summed E-state index contributed by atoms with van der Waals surface area (Å²) < 4.78 is 66.8. The van der Waals surface area contributed by atoms with Gasteiger partial charge in [-0.15, -0.1) is 0 Å². The summed E-state index contributed by atoms with van der Waals surface area (Å²) in [7, 11) is -4.48. The lowest BCUT2D eigenvalue weighted by Crippen LogP contribution is -2.43. The fourth-order valence-corrected chi connectivity index (χ4v) is 5.37. The molecule has 0 amide bonds. The van der Waals surface area contributed by atoms with Crippen LogP contribution < -0.4 is 4.72 Å². The predicted molar refractivity (Wildman–Crippen MR) is 116 cm³/mol. The summed E-state index contributed by atoms with van der Waals surface area (Å²) in [5, 5.41) is 10.7. The molecule has 1 aliphatic rings. The van der Waals surface area contributed by atoms with E-state index in [1.165, 1.54) is 0 Å². The molecule has 1 aromatic carbocycles. The number of hydrogen-bond donors (Lipinski definition) is 1. The van der Waals surface area contributed by atoms with Crippen molar-refractivity contribution in [2.24, 2.45) is 0 Å². The molecule has 174 valence electrons. The van der Waals surface area contributed by atoms with Gasteiger partial charge in [-0.05, 0) is 38.8 Å². The van der Waals surface area contributed by atoms with E-state index in [0.29, 0.717) is 18.2 Å². The van der Waals surface area contributed by atoms with E-state index in [2.05, 4.69) is 16.0 Å². The number of benzene rings is 1. The highest BCUT2D eigenvalue weighted by Crippen LogP contribution is 2.40. The first-order valence-electron chi connectivity index (χ1n) is 10.5. The van der Waals surface area contributed by atoms with Gasteiger partial charge in [-0.1, -0.05) is 24.5 Å². The van der Waals surface area contributed by atoms with E-state index in [9.17, 15) is 26.9 Å². The van der Waals surface area contributed by atoms with E-state index in [1.807, 2.05) is 29.7 Å². The zero-order chi connectivity index (χ0) is 24.0. The lowest BCUT2D eigenvalue weighted by Gasteiger charge is -2.18. The third-order valence-electron chi connectivity index (χ3n) is 5.93. The standard InChI is InChI=1S/C22H22F3N5O2S/c1-13-7-8-19-17(9-13)18(10-26)20(30(19)15-5-3-4-6-15)21-27-11-16(12-28-21)33(31,32)29-14(2)22(23,24)25/h7-9,11-12,14-15,29H,3-6H2,1-2H3. The Morgan fingerprint density at radius 1 is 1.21 bits per heavy atom. The van der Waals surface area contributed by atoms with Gasteiger partial charge in [0, 0.05) is 11.4 Å². The van der Waals surface area contributed by atoms with Crippen LogP contribution in [0.15, 0.2) is 35.5 Å². The molecule has 1 atom stereocenters. The number of fused-ring (bicyclic) bond motifs is 1. The number of halogens is 3. The number of nitrogens with zero attached hydrogens (tertiary/aromatic N) is 4. The highest BCUT2D eigenvalue weighted by molar-refractivity contribution is 7.89. The molecular weight excluding hydrogens is 455 g/mol. The SMILES string of the molecule is Cc1ccc2c(c1)c(C#N)c(-c1ncc(S(=O)(=O)NC(C)C(F)(F)F)cn1)n2C1CCCC1. The van der Waals surface area contributed by atoms with Crippen molar-refractivity contribution in [2.75, 3.05) is 0 Å².